The fraction of sp³-hybridized carbons (Fsp3) is 0.611. The van der Waals surface area contributed by atoms with Crippen molar-refractivity contribution in [2.24, 2.45) is 0 Å². The third-order valence-corrected chi connectivity index (χ3v) is 3.85. The van der Waals surface area contributed by atoms with E-state index < -0.39 is 0 Å². The van der Waals surface area contributed by atoms with Crippen LogP contribution in [0, 0.1) is 0 Å². The monoisotopic (exact) mass is 305 g/mol. The highest BCUT2D eigenvalue weighted by molar-refractivity contribution is 5.76. The topological polar surface area (TPSA) is 47.6 Å². The van der Waals surface area contributed by atoms with Gasteiger partial charge in [-0.3, -0.25) is 4.79 Å². The van der Waals surface area contributed by atoms with Gasteiger partial charge >= 0.3 is 0 Å². The fourth-order valence-electron chi connectivity index (χ4n) is 2.42. The molecule has 0 atom stereocenters. The molecule has 0 saturated carbocycles. The zero-order valence-electron chi connectivity index (χ0n) is 13.9. The lowest BCUT2D eigenvalue weighted by atomic mass is 9.86. The van der Waals surface area contributed by atoms with Crippen LogP contribution in [-0.4, -0.2) is 32.0 Å². The van der Waals surface area contributed by atoms with Gasteiger partial charge in [-0.2, -0.15) is 0 Å². The van der Waals surface area contributed by atoms with E-state index in [4.69, 9.17) is 9.47 Å². The number of hydrogen-bond acceptors (Lipinski definition) is 3. The number of ether oxygens (including phenoxy) is 2. The molecule has 122 valence electrons. The Hall–Kier alpha value is -1.39. The second-order valence-corrected chi connectivity index (χ2v) is 6.76. The molecule has 0 spiro atoms. The molecule has 1 fully saturated rings. The number of carbonyl (C=O) groups excluding carboxylic acids is 1. The van der Waals surface area contributed by atoms with E-state index >= 15 is 0 Å². The molecule has 4 heteroatoms. The van der Waals surface area contributed by atoms with E-state index in [0.29, 0.717) is 32.6 Å². The first-order chi connectivity index (χ1) is 10.4. The largest absolute Gasteiger partial charge is 0.356 e. The fourth-order valence-corrected chi connectivity index (χ4v) is 2.42. The standard InChI is InChI=1S/C18H27NO3/c1-18(2,3)15-7-4-14(5-8-15)6-9-16(20)19-11-10-17-21-12-13-22-17/h4-5,7-8,17H,6,9-13H2,1-3H3,(H,19,20). The SMILES string of the molecule is CC(C)(C)c1ccc(CCC(=O)NCCC2OCCO2)cc1. The predicted molar refractivity (Wildman–Crippen MR) is 86.8 cm³/mol. The average molecular weight is 305 g/mol. The summed E-state index contributed by atoms with van der Waals surface area (Å²) in [5.41, 5.74) is 2.68. The molecule has 0 aromatic heterocycles. The van der Waals surface area contributed by atoms with Crippen LogP contribution in [-0.2, 0) is 26.1 Å². The third kappa shape index (κ3) is 5.43. The van der Waals surface area contributed by atoms with E-state index in [0.717, 1.165) is 6.42 Å². The Balaban J connectivity index is 1.67. The first-order valence-electron chi connectivity index (χ1n) is 8.04. The molecule has 1 amide bonds. The summed E-state index contributed by atoms with van der Waals surface area (Å²) in [5.74, 6) is 0.0814. The van der Waals surface area contributed by atoms with Gasteiger partial charge in [0, 0.05) is 19.4 Å². The van der Waals surface area contributed by atoms with Crippen LogP contribution in [0.4, 0.5) is 0 Å². The number of hydrogen-bond donors (Lipinski definition) is 1. The van der Waals surface area contributed by atoms with Gasteiger partial charge in [0.05, 0.1) is 13.2 Å². The van der Waals surface area contributed by atoms with Crippen LogP contribution in [0.15, 0.2) is 24.3 Å². The van der Waals surface area contributed by atoms with Crippen molar-refractivity contribution in [3.63, 3.8) is 0 Å². The lowest BCUT2D eigenvalue weighted by Crippen LogP contribution is -2.27. The maximum Gasteiger partial charge on any atom is 0.220 e. The minimum absolute atomic E-state index is 0.0814. The molecule has 1 heterocycles. The normalized spacial score (nSPS) is 16.0. The highest BCUT2D eigenvalue weighted by Crippen LogP contribution is 2.22. The Morgan fingerprint density at radius 3 is 2.41 bits per heavy atom. The van der Waals surface area contributed by atoms with Crippen LogP contribution in [0.25, 0.3) is 0 Å². The van der Waals surface area contributed by atoms with Crippen molar-refractivity contribution in [2.75, 3.05) is 19.8 Å². The number of aryl methyl sites for hydroxylation is 1. The zero-order chi connectivity index (χ0) is 16.0. The van der Waals surface area contributed by atoms with Gasteiger partial charge in [-0.25, -0.2) is 0 Å². The van der Waals surface area contributed by atoms with Gasteiger partial charge in [0.25, 0.3) is 0 Å². The maximum absolute atomic E-state index is 11.8. The summed E-state index contributed by atoms with van der Waals surface area (Å²) in [4.78, 5) is 11.8. The van der Waals surface area contributed by atoms with Crippen LogP contribution in [0.5, 0.6) is 0 Å². The van der Waals surface area contributed by atoms with E-state index in [-0.39, 0.29) is 17.6 Å². The third-order valence-electron chi connectivity index (χ3n) is 3.85. The van der Waals surface area contributed by atoms with Gasteiger partial charge < -0.3 is 14.8 Å². The lowest BCUT2D eigenvalue weighted by molar-refractivity contribution is -0.121. The van der Waals surface area contributed by atoms with Crippen LogP contribution in [0.3, 0.4) is 0 Å². The van der Waals surface area contributed by atoms with Crippen LogP contribution in [0.1, 0.15) is 44.7 Å². The summed E-state index contributed by atoms with van der Waals surface area (Å²) in [6.45, 7) is 8.52. The minimum atomic E-state index is -0.148. The Labute approximate surface area is 133 Å². The summed E-state index contributed by atoms with van der Waals surface area (Å²) < 4.78 is 10.7. The molecule has 1 aromatic carbocycles. The molecule has 0 bridgehead atoms. The van der Waals surface area contributed by atoms with E-state index in [9.17, 15) is 4.79 Å². The molecule has 2 rings (SSSR count). The van der Waals surface area contributed by atoms with Gasteiger partial charge in [-0.1, -0.05) is 45.0 Å². The van der Waals surface area contributed by atoms with Crippen molar-refractivity contribution in [3.05, 3.63) is 35.4 Å². The van der Waals surface area contributed by atoms with Crippen molar-refractivity contribution >= 4 is 5.91 Å². The summed E-state index contributed by atoms with van der Waals surface area (Å²) in [5, 5.41) is 2.92. The molecule has 22 heavy (non-hydrogen) atoms. The Bertz CT molecular complexity index is 470. The Morgan fingerprint density at radius 1 is 1.18 bits per heavy atom. The van der Waals surface area contributed by atoms with Gasteiger partial charge in [0.1, 0.15) is 0 Å². The first-order valence-corrected chi connectivity index (χ1v) is 8.04. The smallest absolute Gasteiger partial charge is 0.220 e. The number of rotatable bonds is 6. The van der Waals surface area contributed by atoms with Crippen LogP contribution in [0.2, 0.25) is 0 Å². The molecule has 1 N–H and O–H groups in total. The van der Waals surface area contributed by atoms with E-state index in [2.05, 4.69) is 50.4 Å². The highest BCUT2D eigenvalue weighted by Gasteiger charge is 2.15. The molecular formula is C18H27NO3. The second kappa shape index (κ2) is 7.75. The quantitative estimate of drug-likeness (QED) is 0.879. The molecule has 1 aliphatic heterocycles. The second-order valence-electron chi connectivity index (χ2n) is 6.76. The average Bonchev–Trinajstić information content (AvgIpc) is 2.98. The van der Waals surface area contributed by atoms with Crippen molar-refractivity contribution in [1.29, 1.82) is 0 Å². The molecule has 1 aromatic rings. The minimum Gasteiger partial charge on any atom is -0.356 e. The van der Waals surface area contributed by atoms with Crippen molar-refractivity contribution < 1.29 is 14.3 Å². The summed E-state index contributed by atoms with van der Waals surface area (Å²) in [6.07, 6.45) is 1.85. The lowest BCUT2D eigenvalue weighted by Gasteiger charge is -2.19. The summed E-state index contributed by atoms with van der Waals surface area (Å²) >= 11 is 0. The number of nitrogens with one attached hydrogen (secondary N) is 1. The zero-order valence-corrected chi connectivity index (χ0v) is 13.9. The predicted octanol–water partition coefficient (Wildman–Crippen LogP) is 2.80. The molecule has 0 unspecified atom stereocenters. The number of amides is 1. The van der Waals surface area contributed by atoms with Crippen molar-refractivity contribution in [2.45, 2.75) is 51.7 Å². The van der Waals surface area contributed by atoms with E-state index in [1.54, 1.807) is 0 Å². The first kappa shape index (κ1) is 17.0. The van der Waals surface area contributed by atoms with Gasteiger partial charge in [-0.05, 0) is 23.0 Å². The van der Waals surface area contributed by atoms with E-state index in [1.165, 1.54) is 11.1 Å². The van der Waals surface area contributed by atoms with Gasteiger partial charge in [-0.15, -0.1) is 0 Å². The molecule has 1 aliphatic rings. The van der Waals surface area contributed by atoms with Crippen molar-refractivity contribution in [1.82, 2.24) is 5.32 Å². The van der Waals surface area contributed by atoms with Crippen LogP contribution < -0.4 is 5.32 Å². The number of carbonyl (C=O) groups is 1. The van der Waals surface area contributed by atoms with Gasteiger partial charge in [0.2, 0.25) is 5.91 Å². The summed E-state index contributed by atoms with van der Waals surface area (Å²) in [6, 6.07) is 8.55. The summed E-state index contributed by atoms with van der Waals surface area (Å²) in [7, 11) is 0. The molecule has 0 aliphatic carbocycles. The highest BCUT2D eigenvalue weighted by atomic mass is 16.7. The number of benzene rings is 1. The Morgan fingerprint density at radius 2 is 1.82 bits per heavy atom. The van der Waals surface area contributed by atoms with Gasteiger partial charge in [0.15, 0.2) is 6.29 Å². The Kier molecular flexibility index (Phi) is 5.98. The molecular weight excluding hydrogens is 278 g/mol. The molecule has 0 radical (unpaired) electrons. The van der Waals surface area contributed by atoms with Crippen molar-refractivity contribution in [3.8, 4) is 0 Å². The van der Waals surface area contributed by atoms with Crippen LogP contribution >= 0.6 is 0 Å². The maximum atomic E-state index is 11.8. The molecule has 1 saturated heterocycles. The van der Waals surface area contributed by atoms with E-state index in [1.807, 2.05) is 0 Å². The molecule has 4 nitrogen and oxygen atoms in total.